The Bertz CT molecular complexity index is 2450. The first kappa shape index (κ1) is 46.1. The second kappa shape index (κ2) is 21.4. The van der Waals surface area contributed by atoms with Gasteiger partial charge in [-0.2, -0.15) is 0 Å². The van der Waals surface area contributed by atoms with Crippen LogP contribution >= 0.6 is 0 Å². The first-order valence-corrected chi connectivity index (χ1v) is 19.0. The van der Waals surface area contributed by atoms with E-state index in [-0.39, 0.29) is 0 Å². The van der Waals surface area contributed by atoms with Crippen molar-refractivity contribution in [2.75, 3.05) is 71.1 Å². The average Bonchev–Trinajstić information content (AvgIpc) is 3.23. The van der Waals surface area contributed by atoms with Crippen molar-refractivity contribution in [3.63, 3.8) is 0 Å². The highest BCUT2D eigenvalue weighted by Gasteiger charge is 2.19. The first-order chi connectivity index (χ1) is 28.5. The number of carbonyl (C=O) groups is 1. The van der Waals surface area contributed by atoms with Crippen LogP contribution in [0.2, 0.25) is 0 Å². The molecule has 14 heteroatoms. The van der Waals surface area contributed by atoms with Crippen molar-refractivity contribution in [3.8, 4) is 33.9 Å². The third-order valence-electron chi connectivity index (χ3n) is 9.28. The number of rotatable bonds is 7. The molecule has 7 rings (SSSR count). The quantitative estimate of drug-likeness (QED) is 0.0596. The summed E-state index contributed by atoms with van der Waals surface area (Å²) in [6, 6.07) is 40.1. The van der Waals surface area contributed by atoms with Crippen LogP contribution in [0.15, 0.2) is 138 Å². The van der Waals surface area contributed by atoms with E-state index in [1.54, 1.807) is 36.4 Å². The number of phenols is 2. The minimum Gasteiger partial charge on any atom is -0.508 e. The molecule has 1 heterocycles. The van der Waals surface area contributed by atoms with Crippen LogP contribution in [0.3, 0.4) is 0 Å². The number of nitrogens with zero attached hydrogens (tertiary/aromatic N) is 4. The summed E-state index contributed by atoms with van der Waals surface area (Å²) >= 11 is 0. The minimum absolute atomic E-state index is 0.311. The molecule has 0 atom stereocenters. The van der Waals surface area contributed by atoms with Gasteiger partial charge in [-0.3, -0.25) is 4.79 Å². The highest BCUT2D eigenvalue weighted by molar-refractivity contribution is 6.59. The van der Waals surface area contributed by atoms with Crippen LogP contribution in [-0.2, 0) is 0 Å². The number of anilines is 3. The van der Waals surface area contributed by atoms with Gasteiger partial charge in [0.1, 0.15) is 43.2 Å². The Balaban J connectivity index is 0.000000209. The molecule has 60 heavy (non-hydrogen) atoms. The highest BCUT2D eigenvalue weighted by Crippen LogP contribution is 2.40. The molecule has 0 spiro atoms. The molecule has 0 unspecified atom stereocenters. The normalized spacial score (nSPS) is 10.2. The van der Waals surface area contributed by atoms with E-state index in [4.69, 9.17) is 24.7 Å². The Morgan fingerprint density at radius 3 is 1.47 bits per heavy atom. The molecule has 6 N–H and O–H groups in total. The van der Waals surface area contributed by atoms with Gasteiger partial charge in [-0.15, -0.1) is 0 Å². The van der Waals surface area contributed by atoms with Crippen LogP contribution in [0.1, 0.15) is 10.4 Å². The lowest BCUT2D eigenvalue weighted by Gasteiger charge is -2.18. The van der Waals surface area contributed by atoms with E-state index in [1.165, 1.54) is 24.3 Å². The van der Waals surface area contributed by atoms with Crippen LogP contribution in [0, 0.1) is 0 Å². The van der Waals surface area contributed by atoms with Gasteiger partial charge in [-0.05, 0) is 59.0 Å². The van der Waals surface area contributed by atoms with Crippen molar-refractivity contribution >= 4 is 59.5 Å². The van der Waals surface area contributed by atoms with Crippen molar-refractivity contribution in [1.82, 2.24) is 4.58 Å². The topological polar surface area (TPSA) is 164 Å². The number of aldehydes is 1. The average molecular weight is 812 g/mol. The molecule has 12 nitrogen and oxygen atoms in total. The van der Waals surface area contributed by atoms with Gasteiger partial charge in [-0.25, -0.2) is 4.58 Å². The number of hydrogen-bond donors (Lipinski definition) is 6. The Morgan fingerprint density at radius 2 is 1.05 bits per heavy atom. The van der Waals surface area contributed by atoms with Crippen LogP contribution in [0.25, 0.3) is 33.4 Å². The molecule has 5 aromatic rings. The van der Waals surface area contributed by atoms with E-state index < -0.39 is 14.2 Å². The molecule has 2 aliphatic rings. The standard InChI is InChI=1S/C23H24BN2O3.2C8H11NO.C7H7BO3/c1-25(2)17-9-11-19-21(13-17)29-22-14-18(26(3)4)10-12-20(22)23(19)15-5-7-16(8-6-15)24(27)28;2*1-9(2)7-4-3-5-8(10)6-7;9-5-6-1-3-7(4-2-6)8(10)11/h5-14,27-28H,1-4H3;2*3-6,10H,1-2H3;1-5,10-11H/q+1;;;. The molecule has 0 radical (unpaired) electrons. The summed E-state index contributed by atoms with van der Waals surface area (Å²) in [5, 5.41) is 56.3. The zero-order chi connectivity index (χ0) is 44.1. The largest absolute Gasteiger partial charge is 0.508 e. The van der Waals surface area contributed by atoms with Crippen molar-refractivity contribution < 1.29 is 39.5 Å². The van der Waals surface area contributed by atoms with E-state index in [0.29, 0.717) is 34.3 Å². The molecule has 0 amide bonds. The molecule has 0 aromatic heterocycles. The maximum absolute atomic E-state index is 10.2. The maximum atomic E-state index is 10.2. The zero-order valence-electron chi connectivity index (χ0n) is 35.2. The molecule has 310 valence electrons. The zero-order valence-corrected chi connectivity index (χ0v) is 35.2. The van der Waals surface area contributed by atoms with Gasteiger partial charge in [0.05, 0.1) is 6.07 Å². The number of hydrogen-bond acceptors (Lipinski definition) is 11. The predicted molar refractivity (Wildman–Crippen MR) is 246 cm³/mol. The summed E-state index contributed by atoms with van der Waals surface area (Å²) in [5.41, 5.74) is 8.34. The lowest BCUT2D eigenvalue weighted by atomic mass is 9.79. The van der Waals surface area contributed by atoms with Crippen molar-refractivity contribution in [2.45, 2.75) is 0 Å². The molecule has 1 aliphatic heterocycles. The molecule has 0 saturated carbocycles. The van der Waals surface area contributed by atoms with Crippen molar-refractivity contribution in [1.29, 1.82) is 0 Å². The van der Waals surface area contributed by atoms with Crippen LogP contribution in [0.5, 0.6) is 11.5 Å². The molecule has 1 aliphatic carbocycles. The van der Waals surface area contributed by atoms with Crippen LogP contribution in [0.4, 0.5) is 17.1 Å². The predicted octanol–water partition coefficient (Wildman–Crippen LogP) is 4.08. The van der Waals surface area contributed by atoms with E-state index in [9.17, 15) is 14.8 Å². The van der Waals surface area contributed by atoms with Gasteiger partial charge in [0.25, 0.3) is 0 Å². The van der Waals surface area contributed by atoms with Crippen LogP contribution < -0.4 is 35.6 Å². The summed E-state index contributed by atoms with van der Waals surface area (Å²) in [7, 11) is 12.8. The summed E-state index contributed by atoms with van der Waals surface area (Å²) < 4.78 is 8.37. The molecular weight excluding hydrogens is 758 g/mol. The van der Waals surface area contributed by atoms with Gasteiger partial charge >= 0.3 is 14.2 Å². The molecule has 0 bridgehead atoms. The van der Waals surface area contributed by atoms with Gasteiger partial charge in [-0.1, -0.05) is 60.7 Å². The Morgan fingerprint density at radius 1 is 0.567 bits per heavy atom. The smallest absolute Gasteiger partial charge is 0.488 e. The van der Waals surface area contributed by atoms with Gasteiger partial charge in [0.15, 0.2) is 0 Å². The lowest BCUT2D eigenvalue weighted by Crippen LogP contribution is -2.29. The van der Waals surface area contributed by atoms with Crippen LogP contribution in [-0.4, -0.2) is 107 Å². The number of carbonyl (C=O) groups excluding carboxylic acids is 1. The fraction of sp³-hybridized carbons (Fsp3) is 0.174. The van der Waals surface area contributed by atoms with E-state index in [1.807, 2.05) is 124 Å². The minimum atomic E-state index is -1.48. The Kier molecular flexibility index (Phi) is 16.5. The first-order valence-electron chi connectivity index (χ1n) is 19.0. The van der Waals surface area contributed by atoms with Gasteiger partial charge in [0.2, 0.25) is 5.36 Å². The van der Waals surface area contributed by atoms with E-state index in [2.05, 4.69) is 24.3 Å². The maximum Gasteiger partial charge on any atom is 0.488 e. The van der Waals surface area contributed by atoms with Gasteiger partial charge < -0.3 is 49.4 Å². The van der Waals surface area contributed by atoms with Gasteiger partial charge in [0, 0.05) is 106 Å². The molecule has 0 fully saturated rings. The molecule has 0 saturated heterocycles. The van der Waals surface area contributed by atoms with Crippen molar-refractivity contribution in [2.24, 2.45) is 0 Å². The monoisotopic (exact) mass is 811 g/mol. The summed E-state index contributed by atoms with van der Waals surface area (Å²) in [4.78, 5) is 16.1. The highest BCUT2D eigenvalue weighted by atomic mass is 16.4. The van der Waals surface area contributed by atoms with E-state index >= 15 is 0 Å². The lowest BCUT2D eigenvalue weighted by molar-refractivity contribution is 0.112. The SMILES string of the molecule is CN(C)c1ccc2c(-c3ccc(B(O)O)cc3)c3ccc(=[N+](C)C)cc-3oc2c1.CN(C)c1cccc(O)c1.CN(C)c1cccc(O)c1.O=Cc1ccc(B(O)O)cc1. The molecular formula is C46H53B2N4O8+. The van der Waals surface area contributed by atoms with Crippen molar-refractivity contribution in [3.05, 3.63) is 144 Å². The third kappa shape index (κ3) is 12.7. The molecule has 5 aromatic carbocycles. The fourth-order valence-electron chi connectivity index (χ4n) is 5.85. The number of aromatic hydroxyl groups is 2. The fourth-order valence-corrected chi connectivity index (χ4v) is 5.85. The summed E-state index contributed by atoms with van der Waals surface area (Å²) in [5.74, 6) is 1.43. The second-order valence-electron chi connectivity index (χ2n) is 14.6. The third-order valence-corrected chi connectivity index (χ3v) is 9.28. The number of phenolic OH excluding ortho intramolecular Hbond substituents is 2. The second-order valence-corrected chi connectivity index (χ2v) is 14.6. The Labute approximate surface area is 352 Å². The summed E-state index contributed by atoms with van der Waals surface area (Å²) in [6.07, 6.45) is 0.702. The summed E-state index contributed by atoms with van der Waals surface area (Å²) in [6.45, 7) is 0. The van der Waals surface area contributed by atoms with E-state index in [0.717, 1.165) is 55.8 Å². The number of benzene rings is 6. The Hall–Kier alpha value is -6.57. The number of fused-ring (bicyclic) bond motifs is 2.